The smallest absolute Gasteiger partial charge is 0.261 e. The van der Waals surface area contributed by atoms with Crippen molar-refractivity contribution in [1.82, 2.24) is 9.80 Å². The number of furan rings is 1. The van der Waals surface area contributed by atoms with Gasteiger partial charge >= 0.3 is 0 Å². The minimum Gasteiger partial charge on any atom is -0.467 e. The van der Waals surface area contributed by atoms with E-state index in [0.717, 1.165) is 23.3 Å². The number of nitrogens with zero attached hydrogens (tertiary/aromatic N) is 2. The highest BCUT2D eigenvalue weighted by Crippen LogP contribution is 2.29. The van der Waals surface area contributed by atoms with Gasteiger partial charge in [0.25, 0.3) is 17.7 Å². The van der Waals surface area contributed by atoms with Crippen molar-refractivity contribution in [3.63, 3.8) is 0 Å². The first kappa shape index (κ1) is 20.5. The maximum Gasteiger partial charge on any atom is 0.261 e. The molecule has 1 unspecified atom stereocenters. The van der Waals surface area contributed by atoms with E-state index in [-0.39, 0.29) is 30.0 Å². The van der Waals surface area contributed by atoms with Crippen LogP contribution in [0.4, 0.5) is 0 Å². The Hall–Kier alpha value is -3.38. The largest absolute Gasteiger partial charge is 0.467 e. The zero-order chi connectivity index (χ0) is 22.2. The zero-order valence-electron chi connectivity index (χ0n) is 17.3. The van der Waals surface area contributed by atoms with Gasteiger partial charge in [-0.1, -0.05) is 29.8 Å². The number of hydrogen-bond donors (Lipinski definition) is 0. The van der Waals surface area contributed by atoms with E-state index < -0.39 is 5.91 Å². The summed E-state index contributed by atoms with van der Waals surface area (Å²) < 4.78 is 5.27. The fraction of sp³-hybridized carbons (Fsp3) is 0.240. The Morgan fingerprint density at radius 1 is 1.03 bits per heavy atom. The number of carbonyl (C=O) groups is 3. The summed E-state index contributed by atoms with van der Waals surface area (Å²) in [7, 11) is 0. The van der Waals surface area contributed by atoms with E-state index in [1.807, 2.05) is 29.2 Å². The van der Waals surface area contributed by atoms with Crippen LogP contribution in [0.1, 0.15) is 55.2 Å². The molecule has 0 N–H and O–H groups in total. The second-order valence-electron chi connectivity index (χ2n) is 8.13. The number of amides is 3. The molecule has 7 heteroatoms. The standard InChI is InChI=1S/C25H21ClN2O4/c26-22-8-2-1-5-16(22)13-18-6-3-11-27(18)23(29)17-9-10-20-21(14-17)25(31)28(24(20)30)15-19-7-4-12-32-19/h1-2,4-5,7-10,12,14,18H,3,6,11,13,15H2. The lowest BCUT2D eigenvalue weighted by molar-refractivity contribution is 0.0631. The first-order valence-corrected chi connectivity index (χ1v) is 11.0. The Balaban J connectivity index is 1.37. The molecule has 2 aromatic carbocycles. The third kappa shape index (κ3) is 3.60. The molecule has 2 aliphatic rings. The van der Waals surface area contributed by atoms with E-state index in [9.17, 15) is 14.4 Å². The Bertz CT molecular complexity index is 1200. The fourth-order valence-corrected chi connectivity index (χ4v) is 4.74. The molecule has 0 bridgehead atoms. The maximum atomic E-state index is 13.3. The Morgan fingerprint density at radius 2 is 1.84 bits per heavy atom. The molecule has 0 saturated carbocycles. The maximum absolute atomic E-state index is 13.3. The van der Waals surface area contributed by atoms with Gasteiger partial charge in [-0.2, -0.15) is 0 Å². The topological polar surface area (TPSA) is 70.8 Å². The number of imide groups is 1. The van der Waals surface area contributed by atoms with E-state index in [2.05, 4.69) is 0 Å². The quantitative estimate of drug-likeness (QED) is 0.536. The molecule has 162 valence electrons. The minimum absolute atomic E-state index is 0.0449. The lowest BCUT2D eigenvalue weighted by atomic mass is 10.0. The summed E-state index contributed by atoms with van der Waals surface area (Å²) in [5, 5.41) is 0.699. The van der Waals surface area contributed by atoms with Crippen molar-refractivity contribution in [3.8, 4) is 0 Å². The highest BCUT2D eigenvalue weighted by molar-refractivity contribution is 6.31. The van der Waals surface area contributed by atoms with Crippen molar-refractivity contribution in [1.29, 1.82) is 0 Å². The third-order valence-corrected chi connectivity index (χ3v) is 6.53. The van der Waals surface area contributed by atoms with Crippen LogP contribution in [0.2, 0.25) is 5.02 Å². The third-order valence-electron chi connectivity index (χ3n) is 6.16. The molecular weight excluding hydrogens is 428 g/mol. The monoisotopic (exact) mass is 448 g/mol. The molecular formula is C25H21ClN2O4. The lowest BCUT2D eigenvalue weighted by Gasteiger charge is -2.25. The first-order chi connectivity index (χ1) is 15.5. The van der Waals surface area contributed by atoms with Crippen LogP contribution in [-0.2, 0) is 13.0 Å². The summed E-state index contributed by atoms with van der Waals surface area (Å²) >= 11 is 6.32. The average molecular weight is 449 g/mol. The van der Waals surface area contributed by atoms with E-state index in [1.165, 1.54) is 6.26 Å². The lowest BCUT2D eigenvalue weighted by Crippen LogP contribution is -2.37. The minimum atomic E-state index is -0.412. The van der Waals surface area contributed by atoms with Crippen LogP contribution in [0.5, 0.6) is 0 Å². The van der Waals surface area contributed by atoms with Gasteiger partial charge in [0.05, 0.1) is 23.9 Å². The van der Waals surface area contributed by atoms with Gasteiger partial charge in [-0.3, -0.25) is 19.3 Å². The number of rotatable bonds is 5. The van der Waals surface area contributed by atoms with Crippen LogP contribution in [0.15, 0.2) is 65.3 Å². The van der Waals surface area contributed by atoms with E-state index >= 15 is 0 Å². The first-order valence-electron chi connectivity index (χ1n) is 10.6. The summed E-state index contributed by atoms with van der Waals surface area (Å²) in [6, 6.07) is 15.9. The molecule has 3 heterocycles. The number of benzene rings is 2. The average Bonchev–Trinajstić information content (AvgIpc) is 3.53. The highest BCUT2D eigenvalue weighted by Gasteiger charge is 2.37. The van der Waals surface area contributed by atoms with Gasteiger partial charge in [0, 0.05) is 23.2 Å². The SMILES string of the molecule is O=C1c2ccc(C(=O)N3CCCC3Cc3ccccc3Cl)cc2C(=O)N1Cc1ccco1. The molecule has 0 aliphatic carbocycles. The van der Waals surface area contributed by atoms with Gasteiger partial charge in [0.2, 0.25) is 0 Å². The van der Waals surface area contributed by atoms with Crippen molar-refractivity contribution >= 4 is 29.3 Å². The number of likely N-dealkylation sites (tertiary alicyclic amines) is 1. The summed E-state index contributed by atoms with van der Waals surface area (Å²) in [5.41, 5.74) is 2.00. The predicted molar refractivity (Wildman–Crippen MR) is 119 cm³/mol. The molecule has 1 atom stereocenters. The molecule has 1 fully saturated rings. The predicted octanol–water partition coefficient (Wildman–Crippen LogP) is 4.58. The molecule has 0 radical (unpaired) electrons. The van der Waals surface area contributed by atoms with Crippen LogP contribution in [-0.4, -0.2) is 40.1 Å². The molecule has 0 spiro atoms. The van der Waals surface area contributed by atoms with Crippen LogP contribution in [0.25, 0.3) is 0 Å². The van der Waals surface area contributed by atoms with Gasteiger partial charge in [-0.25, -0.2) is 0 Å². The van der Waals surface area contributed by atoms with Crippen molar-refractivity contribution in [2.75, 3.05) is 6.54 Å². The number of fused-ring (bicyclic) bond motifs is 1. The van der Waals surface area contributed by atoms with Crippen LogP contribution < -0.4 is 0 Å². The van der Waals surface area contributed by atoms with Gasteiger partial charge in [-0.15, -0.1) is 0 Å². The van der Waals surface area contributed by atoms with E-state index in [4.69, 9.17) is 16.0 Å². The van der Waals surface area contributed by atoms with Gasteiger partial charge in [0.15, 0.2) is 0 Å². The van der Waals surface area contributed by atoms with Gasteiger partial charge in [0.1, 0.15) is 5.76 Å². The Kier molecular flexibility index (Phi) is 5.31. The van der Waals surface area contributed by atoms with Crippen molar-refractivity contribution in [2.45, 2.75) is 31.8 Å². The van der Waals surface area contributed by atoms with Crippen molar-refractivity contribution in [3.05, 3.63) is 93.9 Å². The number of hydrogen-bond acceptors (Lipinski definition) is 4. The summed E-state index contributed by atoms with van der Waals surface area (Å²) in [6.07, 6.45) is 4.00. The highest BCUT2D eigenvalue weighted by atomic mass is 35.5. The molecule has 1 aromatic heterocycles. The van der Waals surface area contributed by atoms with Crippen molar-refractivity contribution in [2.24, 2.45) is 0 Å². The molecule has 3 amide bonds. The van der Waals surface area contributed by atoms with Crippen LogP contribution in [0, 0.1) is 0 Å². The van der Waals surface area contributed by atoms with Gasteiger partial charge < -0.3 is 9.32 Å². The number of halogens is 1. The van der Waals surface area contributed by atoms with Crippen LogP contribution in [0.3, 0.4) is 0 Å². The second-order valence-corrected chi connectivity index (χ2v) is 8.53. The molecule has 6 nitrogen and oxygen atoms in total. The molecule has 3 aromatic rings. The normalized spacial score (nSPS) is 17.8. The van der Waals surface area contributed by atoms with Crippen molar-refractivity contribution < 1.29 is 18.8 Å². The zero-order valence-corrected chi connectivity index (χ0v) is 18.0. The summed E-state index contributed by atoms with van der Waals surface area (Å²) in [6.45, 7) is 0.719. The van der Waals surface area contributed by atoms with Gasteiger partial charge in [-0.05, 0) is 61.2 Å². The fourth-order valence-electron chi connectivity index (χ4n) is 4.52. The van der Waals surface area contributed by atoms with Crippen LogP contribution >= 0.6 is 11.6 Å². The van der Waals surface area contributed by atoms with E-state index in [0.29, 0.717) is 34.9 Å². The molecule has 32 heavy (non-hydrogen) atoms. The van der Waals surface area contributed by atoms with E-state index in [1.54, 1.807) is 30.3 Å². The number of carbonyl (C=O) groups excluding carboxylic acids is 3. The molecule has 2 aliphatic heterocycles. The Labute approximate surface area is 190 Å². The molecule has 5 rings (SSSR count). The summed E-state index contributed by atoms with van der Waals surface area (Å²) in [4.78, 5) is 41.9. The molecule has 1 saturated heterocycles. The second kappa shape index (κ2) is 8.28. The summed E-state index contributed by atoms with van der Waals surface area (Å²) in [5.74, 6) is -0.398. The Morgan fingerprint density at radius 3 is 2.62 bits per heavy atom.